The van der Waals surface area contributed by atoms with Crippen LogP contribution in [0.4, 0.5) is 27.5 Å². The fourth-order valence-electron chi connectivity index (χ4n) is 5.09. The Hall–Kier alpha value is -2.61. The second kappa shape index (κ2) is 19.4. The third-order valence-corrected chi connectivity index (χ3v) is 11.9. The first-order chi connectivity index (χ1) is 24.4. The molecule has 0 aliphatic carbocycles. The Bertz CT molecular complexity index is 2690. The molecule has 0 saturated heterocycles. The summed E-state index contributed by atoms with van der Waals surface area (Å²) in [5.74, 6) is 0. The smallest absolute Gasteiger partial charge is 0.870 e. The summed E-state index contributed by atoms with van der Waals surface area (Å²) >= 11 is 0. The van der Waals surface area contributed by atoms with Gasteiger partial charge in [0.25, 0.3) is 20.0 Å². The minimum Gasteiger partial charge on any atom is -0.870 e. The molecular formula is C33H25N4Na3O12S4. The van der Waals surface area contributed by atoms with Gasteiger partial charge in [-0.1, -0.05) is 36.4 Å². The molecule has 0 saturated carbocycles. The van der Waals surface area contributed by atoms with E-state index in [-0.39, 0.29) is 115 Å². The fourth-order valence-corrected chi connectivity index (χ4v) is 8.29. The maximum Gasteiger partial charge on any atom is 1.00 e. The number of benzene rings is 6. The van der Waals surface area contributed by atoms with E-state index in [4.69, 9.17) is 0 Å². The number of hydrogen-bond donors (Lipinski definition) is 4. The van der Waals surface area contributed by atoms with Gasteiger partial charge in [0.15, 0.2) is 0 Å². The topological polar surface area (TPSA) is 278 Å². The largest absolute Gasteiger partial charge is 1.00 e. The van der Waals surface area contributed by atoms with Crippen LogP contribution in [0.15, 0.2) is 141 Å². The molecule has 0 atom stereocenters. The predicted octanol–water partition coefficient (Wildman–Crippen LogP) is -4.12. The fraction of sp³-hybridized carbons (Fsp3) is 0. The van der Waals surface area contributed by atoms with Gasteiger partial charge < -0.3 is 25.2 Å². The second-order valence-corrected chi connectivity index (χ2v) is 17.3. The number of rotatable bonds is 10. The molecule has 0 bridgehead atoms. The predicted molar refractivity (Wildman–Crippen MR) is 193 cm³/mol. The van der Waals surface area contributed by atoms with Crippen molar-refractivity contribution in [3.8, 4) is 0 Å². The number of sulfonamides is 2. The van der Waals surface area contributed by atoms with Crippen molar-refractivity contribution < 1.29 is 142 Å². The van der Waals surface area contributed by atoms with E-state index in [0.29, 0.717) is 32.9 Å². The van der Waals surface area contributed by atoms with Crippen LogP contribution in [-0.4, -0.2) is 54.3 Å². The van der Waals surface area contributed by atoms with Crippen LogP contribution in [-0.2, 0) is 40.3 Å². The van der Waals surface area contributed by atoms with E-state index in [2.05, 4.69) is 20.1 Å². The first-order valence-corrected chi connectivity index (χ1v) is 20.5. The van der Waals surface area contributed by atoms with E-state index in [1.807, 2.05) is 0 Å². The molecule has 6 aromatic carbocycles. The van der Waals surface area contributed by atoms with Gasteiger partial charge in [0.05, 0.1) is 31.0 Å². The monoisotopic (exact) mass is 866 g/mol. The molecule has 276 valence electrons. The van der Waals surface area contributed by atoms with Crippen molar-refractivity contribution in [1.29, 1.82) is 0 Å². The maximum atomic E-state index is 13.1. The molecule has 0 aromatic heterocycles. The van der Waals surface area contributed by atoms with E-state index < -0.39 is 56.1 Å². The quantitative estimate of drug-likeness (QED) is 0.0756. The number of carbonyl (C=O) groups excluding carboxylic acids is 1. The number of carbonyl (C=O) groups is 1. The minimum atomic E-state index is -4.81. The summed E-state index contributed by atoms with van der Waals surface area (Å²) in [7, 11) is -18.1. The van der Waals surface area contributed by atoms with Crippen molar-refractivity contribution in [2.75, 3.05) is 20.1 Å². The first kappa shape index (κ1) is 49.5. The van der Waals surface area contributed by atoms with Crippen molar-refractivity contribution in [3.05, 3.63) is 121 Å². The van der Waals surface area contributed by atoms with Crippen LogP contribution in [0, 0.1) is 0 Å². The summed E-state index contributed by atoms with van der Waals surface area (Å²) < 4.78 is 125. The van der Waals surface area contributed by atoms with Gasteiger partial charge in [-0.05, 0) is 106 Å². The van der Waals surface area contributed by atoms with Crippen LogP contribution in [0.5, 0.6) is 0 Å². The molecule has 0 spiro atoms. The van der Waals surface area contributed by atoms with Gasteiger partial charge in [0, 0.05) is 11.4 Å². The Morgan fingerprint density at radius 2 is 0.768 bits per heavy atom. The first-order valence-electron chi connectivity index (χ1n) is 14.7. The Kier molecular flexibility index (Phi) is 17.2. The number of fused-ring (bicyclic) bond motifs is 2. The van der Waals surface area contributed by atoms with Gasteiger partial charge in [-0.15, -0.1) is 0 Å². The van der Waals surface area contributed by atoms with Gasteiger partial charge in [-0.3, -0.25) is 9.44 Å². The number of hydrogen-bond acceptors (Lipinski definition) is 12. The van der Waals surface area contributed by atoms with Crippen molar-refractivity contribution >= 4 is 90.6 Å². The van der Waals surface area contributed by atoms with Crippen molar-refractivity contribution in [1.82, 2.24) is 0 Å². The Balaban J connectivity index is 0.00000271. The average molecular weight is 867 g/mol. The Morgan fingerprint density at radius 3 is 1.12 bits per heavy atom. The molecular weight excluding hydrogens is 842 g/mol. The standard InChI is InChI=1S/C33H26N4O11S4.3Na.H2O/c38-33(34-25-11-7-21-9-13-29(17-23(21)15-25)49(39,40)36-27-3-1-5-31(19-27)51(43,44)45)35-26-12-8-22-10-14-30(18-24(22)16-26)50(41,42)37-28-4-2-6-32(20-28)52(46,47)48;;;;/h1-20,36-37H,(H2,34,35,38)(H,43,44,45)(H,46,47,48);;;;1H2/q;3*+1;/p-3. The number of amides is 2. The van der Waals surface area contributed by atoms with Crippen molar-refractivity contribution in [3.63, 3.8) is 0 Å². The zero-order valence-electron chi connectivity index (χ0n) is 29.6. The minimum absolute atomic E-state index is 0. The maximum absolute atomic E-state index is 13.1. The Morgan fingerprint density at radius 1 is 0.411 bits per heavy atom. The number of anilines is 4. The molecule has 0 aliphatic rings. The summed E-state index contributed by atoms with van der Waals surface area (Å²) in [6, 6.07) is 26.3. The molecule has 2 amide bonds. The molecule has 23 heteroatoms. The molecule has 6 aromatic rings. The van der Waals surface area contributed by atoms with Gasteiger partial charge in [-0.25, -0.2) is 38.5 Å². The molecule has 0 aliphatic heterocycles. The number of urea groups is 1. The van der Waals surface area contributed by atoms with Crippen LogP contribution < -0.4 is 109 Å². The summed E-state index contributed by atoms with van der Waals surface area (Å²) in [5.41, 5.74) is 0.341. The van der Waals surface area contributed by atoms with E-state index in [1.54, 1.807) is 36.4 Å². The van der Waals surface area contributed by atoms with Crippen LogP contribution in [0.25, 0.3) is 21.5 Å². The molecule has 56 heavy (non-hydrogen) atoms. The molecule has 0 heterocycles. The third-order valence-electron chi connectivity index (χ3n) is 7.51. The van der Waals surface area contributed by atoms with E-state index in [1.165, 1.54) is 60.7 Å². The number of nitrogens with one attached hydrogen (secondary N) is 4. The van der Waals surface area contributed by atoms with Crippen LogP contribution in [0.2, 0.25) is 0 Å². The van der Waals surface area contributed by atoms with Crippen LogP contribution >= 0.6 is 0 Å². The van der Waals surface area contributed by atoms with Crippen LogP contribution in [0.1, 0.15) is 0 Å². The van der Waals surface area contributed by atoms with E-state index in [9.17, 15) is 47.6 Å². The zero-order valence-corrected chi connectivity index (χ0v) is 38.9. The Labute approximate surface area is 388 Å². The van der Waals surface area contributed by atoms with Gasteiger partial charge in [0.2, 0.25) is 0 Å². The summed E-state index contributed by atoms with van der Waals surface area (Å²) in [6.07, 6.45) is 0. The van der Waals surface area contributed by atoms with E-state index in [0.717, 1.165) is 24.3 Å². The van der Waals surface area contributed by atoms with E-state index >= 15 is 0 Å². The molecule has 5 N–H and O–H groups in total. The zero-order chi connectivity index (χ0) is 37.5. The van der Waals surface area contributed by atoms with Crippen molar-refractivity contribution in [2.24, 2.45) is 0 Å². The molecule has 0 radical (unpaired) electrons. The molecule has 16 nitrogen and oxygen atoms in total. The third kappa shape index (κ3) is 12.2. The summed E-state index contributed by atoms with van der Waals surface area (Å²) in [5, 5.41) is 7.46. The normalized spacial score (nSPS) is 11.5. The van der Waals surface area contributed by atoms with Gasteiger partial charge >= 0.3 is 94.7 Å². The average Bonchev–Trinajstić information content (AvgIpc) is 3.06. The molecule has 6 rings (SSSR count). The molecule has 0 fully saturated rings. The van der Waals surface area contributed by atoms with Gasteiger partial charge in [-0.2, -0.15) is 0 Å². The van der Waals surface area contributed by atoms with Crippen molar-refractivity contribution in [2.45, 2.75) is 19.6 Å². The van der Waals surface area contributed by atoms with Gasteiger partial charge in [0.1, 0.15) is 20.2 Å². The SMILES string of the molecule is O=C(Nc1ccc2ccc(S(=O)(=O)Nc3cccc(S(=O)(=O)[O-])c3)cc2c1)Nc1ccc2ccc(S(=O)(=O)Nc3cccc(S(=O)(=O)[O-])c3)cc2c1.[Na+].[Na+].[Na+].[OH-]. The summed E-state index contributed by atoms with van der Waals surface area (Å²) in [6.45, 7) is 0. The van der Waals surface area contributed by atoms with Crippen LogP contribution in [0.3, 0.4) is 0 Å². The second-order valence-electron chi connectivity index (χ2n) is 11.2. The molecule has 0 unspecified atom stereocenters. The summed E-state index contributed by atoms with van der Waals surface area (Å²) in [4.78, 5) is 11.4.